The molecule has 1 heterocycles. The van der Waals surface area contributed by atoms with Crippen LogP contribution in [-0.2, 0) is 4.74 Å². The van der Waals surface area contributed by atoms with E-state index in [1.807, 2.05) is 0 Å². The maximum atomic E-state index is 12.3. The molecule has 0 spiro atoms. The molecule has 2 aromatic carbocycles. The third kappa shape index (κ3) is 3.48. The maximum Gasteiger partial charge on any atom is 0.341 e. The second-order valence-electron chi connectivity index (χ2n) is 5.19. The number of anilines is 2. The van der Waals surface area contributed by atoms with Crippen LogP contribution < -0.4 is 5.32 Å². The standard InChI is InChI=1S/C18H14Cl2N2O3/c1-2-25-18(24)12-9-21-17-11(7-10(19)8-13(17)20)16(12)22-14-5-3-4-6-15(14)23/h3-9,23H,2H2,1H3,(H,21,22). The van der Waals surface area contributed by atoms with Crippen LogP contribution in [0.5, 0.6) is 5.75 Å². The third-order valence-electron chi connectivity index (χ3n) is 3.55. The molecule has 0 aliphatic carbocycles. The molecule has 5 nitrogen and oxygen atoms in total. The van der Waals surface area contributed by atoms with E-state index in [2.05, 4.69) is 10.3 Å². The number of pyridine rings is 1. The number of carbonyl (C=O) groups is 1. The van der Waals surface area contributed by atoms with E-state index in [0.29, 0.717) is 32.3 Å². The zero-order valence-electron chi connectivity index (χ0n) is 13.2. The molecule has 3 rings (SSSR count). The SMILES string of the molecule is CCOC(=O)c1cnc2c(Cl)cc(Cl)cc2c1Nc1ccccc1O. The van der Waals surface area contributed by atoms with E-state index in [-0.39, 0.29) is 17.9 Å². The molecule has 0 radical (unpaired) electrons. The van der Waals surface area contributed by atoms with Gasteiger partial charge in [-0.2, -0.15) is 0 Å². The smallest absolute Gasteiger partial charge is 0.341 e. The van der Waals surface area contributed by atoms with Crippen molar-refractivity contribution in [1.29, 1.82) is 0 Å². The number of para-hydroxylation sites is 2. The van der Waals surface area contributed by atoms with E-state index >= 15 is 0 Å². The number of phenols is 1. The van der Waals surface area contributed by atoms with Crippen molar-refractivity contribution in [3.63, 3.8) is 0 Å². The first kappa shape index (κ1) is 17.3. The second kappa shape index (κ2) is 7.17. The van der Waals surface area contributed by atoms with Crippen molar-refractivity contribution in [2.45, 2.75) is 6.92 Å². The normalized spacial score (nSPS) is 10.7. The van der Waals surface area contributed by atoms with Crippen LogP contribution in [0.4, 0.5) is 11.4 Å². The van der Waals surface area contributed by atoms with E-state index in [1.165, 1.54) is 12.3 Å². The molecule has 0 saturated heterocycles. The van der Waals surface area contributed by atoms with Crippen LogP contribution in [0.1, 0.15) is 17.3 Å². The number of fused-ring (bicyclic) bond motifs is 1. The lowest BCUT2D eigenvalue weighted by atomic mass is 10.1. The fourth-order valence-corrected chi connectivity index (χ4v) is 2.98. The molecule has 0 amide bonds. The van der Waals surface area contributed by atoms with Crippen molar-refractivity contribution in [3.05, 3.63) is 58.2 Å². The molecule has 0 aliphatic rings. The number of hydrogen-bond acceptors (Lipinski definition) is 5. The highest BCUT2D eigenvalue weighted by atomic mass is 35.5. The van der Waals surface area contributed by atoms with Crippen LogP contribution in [0.2, 0.25) is 10.0 Å². The maximum absolute atomic E-state index is 12.3. The van der Waals surface area contributed by atoms with Gasteiger partial charge in [-0.05, 0) is 31.2 Å². The van der Waals surface area contributed by atoms with E-state index in [1.54, 1.807) is 37.3 Å². The number of hydrogen-bond donors (Lipinski definition) is 2. The summed E-state index contributed by atoms with van der Waals surface area (Å²) in [6.07, 6.45) is 1.39. The Morgan fingerprint density at radius 2 is 2.04 bits per heavy atom. The summed E-state index contributed by atoms with van der Waals surface area (Å²) in [5, 5.41) is 14.4. The summed E-state index contributed by atoms with van der Waals surface area (Å²) in [6.45, 7) is 1.94. The number of ether oxygens (including phenoxy) is 1. The van der Waals surface area contributed by atoms with Crippen molar-refractivity contribution in [2.75, 3.05) is 11.9 Å². The van der Waals surface area contributed by atoms with E-state index in [0.717, 1.165) is 0 Å². The predicted octanol–water partition coefficient (Wildman–Crippen LogP) is 5.17. The van der Waals surface area contributed by atoms with Gasteiger partial charge in [-0.3, -0.25) is 4.98 Å². The Morgan fingerprint density at radius 3 is 2.76 bits per heavy atom. The van der Waals surface area contributed by atoms with Gasteiger partial charge in [-0.15, -0.1) is 0 Å². The van der Waals surface area contributed by atoms with Gasteiger partial charge >= 0.3 is 5.97 Å². The molecular formula is C18H14Cl2N2O3. The van der Waals surface area contributed by atoms with Gasteiger partial charge in [0.15, 0.2) is 0 Å². The molecule has 7 heteroatoms. The van der Waals surface area contributed by atoms with Crippen LogP contribution in [0.3, 0.4) is 0 Å². The fraction of sp³-hybridized carbons (Fsp3) is 0.111. The number of aromatic nitrogens is 1. The van der Waals surface area contributed by atoms with Gasteiger partial charge in [-0.1, -0.05) is 35.3 Å². The zero-order chi connectivity index (χ0) is 18.0. The summed E-state index contributed by atoms with van der Waals surface area (Å²) < 4.78 is 5.10. The molecule has 2 N–H and O–H groups in total. The highest BCUT2D eigenvalue weighted by molar-refractivity contribution is 6.38. The topological polar surface area (TPSA) is 71.5 Å². The minimum absolute atomic E-state index is 0.0374. The minimum atomic E-state index is -0.536. The van der Waals surface area contributed by atoms with Crippen molar-refractivity contribution >= 4 is 51.4 Å². The number of nitrogens with one attached hydrogen (secondary N) is 1. The summed E-state index contributed by atoms with van der Waals surface area (Å²) in [7, 11) is 0. The van der Waals surface area contributed by atoms with Gasteiger partial charge in [0.2, 0.25) is 0 Å². The van der Waals surface area contributed by atoms with Crippen molar-refractivity contribution in [3.8, 4) is 5.75 Å². The fourth-order valence-electron chi connectivity index (χ4n) is 2.44. The van der Waals surface area contributed by atoms with Gasteiger partial charge in [0.1, 0.15) is 11.3 Å². The summed E-state index contributed by atoms with van der Waals surface area (Å²) in [5.74, 6) is -0.499. The molecule has 0 aliphatic heterocycles. The molecule has 0 bridgehead atoms. The van der Waals surface area contributed by atoms with Crippen LogP contribution >= 0.6 is 23.2 Å². The number of nitrogens with zero attached hydrogens (tertiary/aromatic N) is 1. The highest BCUT2D eigenvalue weighted by Gasteiger charge is 2.19. The third-order valence-corrected chi connectivity index (χ3v) is 4.05. The Hall–Kier alpha value is -2.50. The summed E-state index contributed by atoms with van der Waals surface area (Å²) in [6, 6.07) is 9.91. The van der Waals surface area contributed by atoms with Gasteiger partial charge in [-0.25, -0.2) is 4.79 Å². The molecule has 25 heavy (non-hydrogen) atoms. The molecule has 0 saturated carbocycles. The number of benzene rings is 2. The zero-order valence-corrected chi connectivity index (χ0v) is 14.7. The Kier molecular flexibility index (Phi) is 4.97. The highest BCUT2D eigenvalue weighted by Crippen LogP contribution is 2.36. The Morgan fingerprint density at radius 1 is 1.28 bits per heavy atom. The molecule has 128 valence electrons. The summed E-state index contributed by atoms with van der Waals surface area (Å²) in [5.41, 5.74) is 1.54. The van der Waals surface area contributed by atoms with Crippen LogP contribution in [-0.4, -0.2) is 22.7 Å². The van der Waals surface area contributed by atoms with Gasteiger partial charge < -0.3 is 15.2 Å². The molecule has 0 atom stereocenters. The Balaban J connectivity index is 2.25. The number of aromatic hydroxyl groups is 1. The molecule has 1 aromatic heterocycles. The average Bonchev–Trinajstić information content (AvgIpc) is 2.57. The van der Waals surface area contributed by atoms with Crippen molar-refractivity contribution in [1.82, 2.24) is 4.98 Å². The monoisotopic (exact) mass is 376 g/mol. The number of phenolic OH excluding ortho intramolecular Hbond substituents is 1. The number of rotatable bonds is 4. The first-order chi connectivity index (χ1) is 12.0. The second-order valence-corrected chi connectivity index (χ2v) is 6.04. The lowest BCUT2D eigenvalue weighted by molar-refractivity contribution is 0.0527. The Bertz CT molecular complexity index is 960. The first-order valence-corrected chi connectivity index (χ1v) is 8.26. The van der Waals surface area contributed by atoms with Crippen molar-refractivity contribution < 1.29 is 14.6 Å². The van der Waals surface area contributed by atoms with Crippen molar-refractivity contribution in [2.24, 2.45) is 0 Å². The molecule has 3 aromatic rings. The van der Waals surface area contributed by atoms with Gasteiger partial charge in [0.05, 0.1) is 28.5 Å². The first-order valence-electron chi connectivity index (χ1n) is 7.51. The number of carbonyl (C=O) groups excluding carboxylic acids is 1. The average molecular weight is 377 g/mol. The molecule has 0 unspecified atom stereocenters. The number of esters is 1. The largest absolute Gasteiger partial charge is 0.506 e. The predicted molar refractivity (Wildman–Crippen MR) is 99.1 cm³/mol. The quantitative estimate of drug-likeness (QED) is 0.485. The van der Waals surface area contributed by atoms with Crippen LogP contribution in [0.15, 0.2) is 42.6 Å². The lowest BCUT2D eigenvalue weighted by Crippen LogP contribution is -2.09. The van der Waals surface area contributed by atoms with Gasteiger partial charge in [0, 0.05) is 16.6 Å². The molecular weight excluding hydrogens is 363 g/mol. The van der Waals surface area contributed by atoms with E-state index in [9.17, 15) is 9.90 Å². The van der Waals surface area contributed by atoms with E-state index < -0.39 is 5.97 Å². The van der Waals surface area contributed by atoms with Gasteiger partial charge in [0.25, 0.3) is 0 Å². The molecule has 0 fully saturated rings. The van der Waals surface area contributed by atoms with Crippen LogP contribution in [0, 0.1) is 0 Å². The van der Waals surface area contributed by atoms with E-state index in [4.69, 9.17) is 27.9 Å². The summed E-state index contributed by atoms with van der Waals surface area (Å²) >= 11 is 12.3. The van der Waals surface area contributed by atoms with Crippen LogP contribution in [0.25, 0.3) is 10.9 Å². The summed E-state index contributed by atoms with van der Waals surface area (Å²) in [4.78, 5) is 16.6. The number of halogens is 2. The minimum Gasteiger partial charge on any atom is -0.506 e. The lowest BCUT2D eigenvalue weighted by Gasteiger charge is -2.15. The Labute approximate surface area is 154 Å².